The Balaban J connectivity index is 1.93. The van der Waals surface area contributed by atoms with Crippen LogP contribution in [0.2, 0.25) is 0 Å². The van der Waals surface area contributed by atoms with Gasteiger partial charge in [-0.3, -0.25) is 9.69 Å². The van der Waals surface area contributed by atoms with Crippen LogP contribution in [0.25, 0.3) is 0 Å². The molecule has 0 aliphatic carbocycles. The summed E-state index contributed by atoms with van der Waals surface area (Å²) in [7, 11) is 2.01. The molecule has 1 amide bonds. The number of aliphatic hydroxyl groups is 1. The van der Waals surface area contributed by atoms with E-state index in [2.05, 4.69) is 0 Å². The maximum absolute atomic E-state index is 13.3. The lowest BCUT2D eigenvalue weighted by Gasteiger charge is -2.27. The molecule has 3 aromatic rings. The van der Waals surface area contributed by atoms with Crippen LogP contribution in [0.3, 0.4) is 0 Å². The Kier molecular flexibility index (Phi) is 5.94. The first kappa shape index (κ1) is 18.7. The van der Waals surface area contributed by atoms with E-state index in [-0.39, 0.29) is 18.3 Å². The molecule has 0 aromatic heterocycles. The zero-order valence-electron chi connectivity index (χ0n) is 15.2. The van der Waals surface area contributed by atoms with Crippen molar-refractivity contribution in [2.75, 3.05) is 11.5 Å². The van der Waals surface area contributed by atoms with Gasteiger partial charge in [0.2, 0.25) is 5.91 Å². The first-order chi connectivity index (χ1) is 13.1. The normalized spacial score (nSPS) is 11.7. The molecule has 0 spiro atoms. The van der Waals surface area contributed by atoms with Gasteiger partial charge in [-0.15, -0.1) is 0 Å². The highest BCUT2D eigenvalue weighted by Crippen LogP contribution is 2.29. The van der Waals surface area contributed by atoms with Gasteiger partial charge in [-0.1, -0.05) is 47.9 Å². The second kappa shape index (κ2) is 8.56. The molecule has 0 aliphatic heterocycles. The molecule has 0 radical (unpaired) electrons. The minimum absolute atomic E-state index is 0.137. The largest absolute Gasteiger partial charge is 0.508 e. The van der Waals surface area contributed by atoms with Crippen molar-refractivity contribution < 1.29 is 15.0 Å². The average molecular weight is 359 g/mol. The van der Waals surface area contributed by atoms with E-state index >= 15 is 0 Å². The minimum Gasteiger partial charge on any atom is -0.508 e. The van der Waals surface area contributed by atoms with Crippen molar-refractivity contribution >= 4 is 30.6 Å². The molecule has 0 bridgehead atoms. The van der Waals surface area contributed by atoms with Crippen molar-refractivity contribution in [1.82, 2.24) is 0 Å². The van der Waals surface area contributed by atoms with Gasteiger partial charge in [0.25, 0.3) is 0 Å². The van der Waals surface area contributed by atoms with Crippen LogP contribution in [0.15, 0.2) is 78.9 Å². The van der Waals surface area contributed by atoms with E-state index in [4.69, 9.17) is 0 Å². The summed E-state index contributed by atoms with van der Waals surface area (Å²) in [4.78, 5) is 14.9. The Labute approximate surface area is 160 Å². The molecule has 0 heterocycles. The van der Waals surface area contributed by atoms with Crippen LogP contribution in [0.5, 0.6) is 5.75 Å². The van der Waals surface area contributed by atoms with Crippen LogP contribution in [0.4, 0.5) is 11.4 Å². The van der Waals surface area contributed by atoms with Crippen LogP contribution in [0.1, 0.15) is 5.56 Å². The number of aromatic hydroxyl groups is 1. The average Bonchev–Trinajstić information content (AvgIpc) is 2.70. The van der Waals surface area contributed by atoms with Gasteiger partial charge >= 0.3 is 0 Å². The highest BCUT2D eigenvalue weighted by molar-refractivity contribution is 6.32. The lowest BCUT2D eigenvalue weighted by molar-refractivity contribution is -0.122. The minimum atomic E-state index is -0.568. The Morgan fingerprint density at radius 1 is 0.889 bits per heavy atom. The van der Waals surface area contributed by atoms with Gasteiger partial charge in [-0.05, 0) is 48.4 Å². The van der Waals surface area contributed by atoms with Gasteiger partial charge in [0.1, 0.15) is 13.6 Å². The highest BCUT2D eigenvalue weighted by atomic mass is 16.3. The molecule has 1 atom stereocenters. The summed E-state index contributed by atoms with van der Waals surface area (Å²) in [5.74, 6) is -0.616. The number of hydrogen-bond donors (Lipinski definition) is 2. The number of carbonyl (C=O) groups is 1. The van der Waals surface area contributed by atoms with Crippen molar-refractivity contribution in [3.63, 3.8) is 0 Å². The summed E-state index contributed by atoms with van der Waals surface area (Å²) in [6.07, 6.45) is 0.455. The molecule has 0 saturated carbocycles. The van der Waals surface area contributed by atoms with Crippen LogP contribution >= 0.6 is 0 Å². The number of amides is 1. The fourth-order valence-corrected chi connectivity index (χ4v) is 3.00. The fourth-order valence-electron chi connectivity index (χ4n) is 3.00. The first-order valence-electron chi connectivity index (χ1n) is 8.93. The summed E-state index contributed by atoms with van der Waals surface area (Å²) in [6.45, 7) is -0.242. The second-order valence-corrected chi connectivity index (χ2v) is 6.59. The number of phenolic OH excluding ortho intramolecular Hbond substituents is 1. The number of phenols is 1. The van der Waals surface area contributed by atoms with Crippen molar-refractivity contribution in [3.8, 4) is 5.75 Å². The SMILES string of the molecule is Bc1ccc(CC(CO)C(=O)N(c2ccccc2)c2ccc(O)cc2)cc1. The molecule has 27 heavy (non-hydrogen) atoms. The summed E-state index contributed by atoms with van der Waals surface area (Å²) < 4.78 is 0. The zero-order valence-corrected chi connectivity index (χ0v) is 15.2. The van der Waals surface area contributed by atoms with Crippen molar-refractivity contribution in [3.05, 3.63) is 84.4 Å². The van der Waals surface area contributed by atoms with E-state index in [0.717, 1.165) is 16.7 Å². The molecule has 3 aromatic carbocycles. The van der Waals surface area contributed by atoms with Crippen LogP contribution in [-0.4, -0.2) is 30.6 Å². The predicted octanol–water partition coefficient (Wildman–Crippen LogP) is 2.17. The number of hydrogen-bond acceptors (Lipinski definition) is 3. The van der Waals surface area contributed by atoms with Crippen LogP contribution < -0.4 is 10.4 Å². The molecule has 0 fully saturated rings. The molecule has 3 rings (SSSR count). The van der Waals surface area contributed by atoms with E-state index in [1.165, 1.54) is 0 Å². The Morgan fingerprint density at radius 2 is 1.48 bits per heavy atom. The van der Waals surface area contributed by atoms with Crippen LogP contribution in [0, 0.1) is 5.92 Å². The van der Waals surface area contributed by atoms with Gasteiger partial charge in [-0.2, -0.15) is 0 Å². The van der Waals surface area contributed by atoms with E-state index in [0.29, 0.717) is 12.1 Å². The number of benzene rings is 3. The number of aliphatic hydroxyl groups excluding tert-OH is 1. The summed E-state index contributed by atoms with van der Waals surface area (Å²) in [5, 5.41) is 19.5. The Morgan fingerprint density at radius 3 is 2.07 bits per heavy atom. The molecule has 0 saturated heterocycles. The molecular weight excluding hydrogens is 337 g/mol. The molecule has 2 N–H and O–H groups in total. The molecule has 4 nitrogen and oxygen atoms in total. The van der Waals surface area contributed by atoms with Gasteiger partial charge in [0, 0.05) is 11.4 Å². The van der Waals surface area contributed by atoms with E-state index in [9.17, 15) is 15.0 Å². The van der Waals surface area contributed by atoms with Gasteiger partial charge in [0.15, 0.2) is 0 Å². The van der Waals surface area contributed by atoms with Crippen LogP contribution in [-0.2, 0) is 11.2 Å². The van der Waals surface area contributed by atoms with Gasteiger partial charge < -0.3 is 10.2 Å². The topological polar surface area (TPSA) is 60.8 Å². The van der Waals surface area contributed by atoms with E-state index in [1.807, 2.05) is 62.4 Å². The number of para-hydroxylation sites is 1. The quantitative estimate of drug-likeness (QED) is 0.663. The van der Waals surface area contributed by atoms with Crippen molar-refractivity contribution in [2.24, 2.45) is 5.92 Å². The van der Waals surface area contributed by atoms with E-state index in [1.54, 1.807) is 29.2 Å². The maximum Gasteiger partial charge on any atom is 0.237 e. The van der Waals surface area contributed by atoms with Gasteiger partial charge in [0.05, 0.1) is 12.5 Å². The fraction of sp³-hybridized carbons (Fsp3) is 0.136. The highest BCUT2D eigenvalue weighted by Gasteiger charge is 2.26. The summed E-state index contributed by atoms with van der Waals surface area (Å²) in [5.41, 5.74) is 3.52. The molecular formula is C22H22BNO3. The second-order valence-electron chi connectivity index (χ2n) is 6.59. The number of rotatable bonds is 6. The van der Waals surface area contributed by atoms with Crippen molar-refractivity contribution in [1.29, 1.82) is 0 Å². The lowest BCUT2D eigenvalue weighted by Crippen LogP contribution is -2.35. The Bertz CT molecular complexity index is 880. The number of nitrogens with zero attached hydrogens (tertiary/aromatic N) is 1. The summed E-state index contributed by atoms with van der Waals surface area (Å²) >= 11 is 0. The molecule has 0 aliphatic rings. The lowest BCUT2D eigenvalue weighted by atomic mass is 9.92. The third-order valence-electron chi connectivity index (χ3n) is 4.52. The number of anilines is 2. The molecule has 1 unspecified atom stereocenters. The monoisotopic (exact) mass is 359 g/mol. The first-order valence-corrected chi connectivity index (χ1v) is 8.93. The molecule has 5 heteroatoms. The third kappa shape index (κ3) is 4.57. The smallest absolute Gasteiger partial charge is 0.237 e. The Hall–Kier alpha value is -3.05. The van der Waals surface area contributed by atoms with Gasteiger partial charge in [-0.25, -0.2) is 0 Å². The standard InChI is InChI=1S/C22H22BNO3/c23-18-8-6-16(7-9-18)14-17(15-25)22(27)24(19-4-2-1-3-5-19)20-10-12-21(26)13-11-20/h1-13,17,25-26H,14-15,23H2. The molecule has 136 valence electrons. The number of carbonyl (C=O) groups excluding carboxylic acids is 1. The zero-order chi connectivity index (χ0) is 19.2. The van der Waals surface area contributed by atoms with Crippen molar-refractivity contribution in [2.45, 2.75) is 6.42 Å². The third-order valence-corrected chi connectivity index (χ3v) is 4.52. The summed E-state index contributed by atoms with van der Waals surface area (Å²) in [6, 6.07) is 23.8. The maximum atomic E-state index is 13.3. The van der Waals surface area contributed by atoms with E-state index < -0.39 is 5.92 Å². The predicted molar refractivity (Wildman–Crippen MR) is 111 cm³/mol.